The molecule has 8 heteroatoms. The molecule has 0 aliphatic rings. The minimum atomic E-state index is -0.363. The van der Waals surface area contributed by atoms with Gasteiger partial charge in [-0.2, -0.15) is 4.98 Å². The summed E-state index contributed by atoms with van der Waals surface area (Å²) in [4.78, 5) is 16.1. The van der Waals surface area contributed by atoms with Gasteiger partial charge in [-0.3, -0.25) is 4.79 Å². The third kappa shape index (κ3) is 4.10. The second kappa shape index (κ2) is 6.98. The number of aromatic nitrogens is 2. The van der Waals surface area contributed by atoms with E-state index in [9.17, 15) is 9.18 Å². The molecule has 0 radical (unpaired) electrons. The summed E-state index contributed by atoms with van der Waals surface area (Å²) in [6, 6.07) is 10.3. The monoisotopic (exact) mass is 365 g/mol. The standard InChI is InChI=1S/C16H10Cl2FN3O2/c17-10-5-11(18)7-13(6-10)20-15(23)8-14-21-16(24-22-14)9-1-3-12(19)4-2-9/h1-7H,8H2,(H,20,23). The van der Waals surface area contributed by atoms with Gasteiger partial charge in [-0.25, -0.2) is 4.39 Å². The van der Waals surface area contributed by atoms with Crippen molar-refractivity contribution in [1.29, 1.82) is 0 Å². The van der Waals surface area contributed by atoms with Gasteiger partial charge in [0.15, 0.2) is 5.82 Å². The van der Waals surface area contributed by atoms with E-state index in [1.807, 2.05) is 0 Å². The predicted molar refractivity (Wildman–Crippen MR) is 88.5 cm³/mol. The van der Waals surface area contributed by atoms with Gasteiger partial charge in [0.05, 0.1) is 6.42 Å². The van der Waals surface area contributed by atoms with Crippen molar-refractivity contribution in [3.05, 3.63) is 64.2 Å². The first kappa shape index (κ1) is 16.4. The molecule has 1 aromatic heterocycles. The van der Waals surface area contributed by atoms with Crippen molar-refractivity contribution in [2.45, 2.75) is 6.42 Å². The zero-order valence-corrected chi connectivity index (χ0v) is 13.6. The highest BCUT2D eigenvalue weighted by molar-refractivity contribution is 6.35. The molecule has 0 spiro atoms. The SMILES string of the molecule is O=C(Cc1noc(-c2ccc(F)cc2)n1)Nc1cc(Cl)cc(Cl)c1. The number of carbonyl (C=O) groups is 1. The third-order valence-electron chi connectivity index (χ3n) is 3.02. The Morgan fingerprint density at radius 1 is 1.12 bits per heavy atom. The van der Waals surface area contributed by atoms with Gasteiger partial charge in [0.2, 0.25) is 5.91 Å². The maximum absolute atomic E-state index is 12.9. The summed E-state index contributed by atoms with van der Waals surface area (Å²) < 4.78 is 18.0. The van der Waals surface area contributed by atoms with E-state index in [0.717, 1.165) is 0 Å². The average molecular weight is 366 g/mol. The van der Waals surface area contributed by atoms with Gasteiger partial charge in [0, 0.05) is 21.3 Å². The molecular formula is C16H10Cl2FN3O2. The summed E-state index contributed by atoms with van der Waals surface area (Å²) in [5, 5.41) is 7.21. The van der Waals surface area contributed by atoms with Gasteiger partial charge < -0.3 is 9.84 Å². The largest absolute Gasteiger partial charge is 0.334 e. The van der Waals surface area contributed by atoms with E-state index in [1.54, 1.807) is 18.2 Å². The molecule has 3 aromatic rings. The van der Waals surface area contributed by atoms with Crippen molar-refractivity contribution in [2.75, 3.05) is 5.32 Å². The molecule has 0 saturated carbocycles. The lowest BCUT2D eigenvalue weighted by molar-refractivity contribution is -0.115. The first-order chi connectivity index (χ1) is 11.5. The minimum absolute atomic E-state index is 0.0885. The fraction of sp³-hybridized carbons (Fsp3) is 0.0625. The molecule has 1 amide bonds. The second-order valence-corrected chi connectivity index (χ2v) is 5.78. The van der Waals surface area contributed by atoms with E-state index in [-0.39, 0.29) is 29.9 Å². The molecule has 0 fully saturated rings. The second-order valence-electron chi connectivity index (χ2n) is 4.91. The number of nitrogens with one attached hydrogen (secondary N) is 1. The summed E-state index contributed by atoms with van der Waals surface area (Å²) in [5.41, 5.74) is 1.04. The number of rotatable bonds is 4. The van der Waals surface area contributed by atoms with Crippen molar-refractivity contribution >= 4 is 34.8 Å². The quantitative estimate of drug-likeness (QED) is 0.745. The molecule has 1 heterocycles. The number of halogens is 3. The van der Waals surface area contributed by atoms with Crippen LogP contribution in [0.3, 0.4) is 0 Å². The Kier molecular flexibility index (Phi) is 4.78. The lowest BCUT2D eigenvalue weighted by atomic mass is 10.2. The van der Waals surface area contributed by atoms with E-state index >= 15 is 0 Å². The van der Waals surface area contributed by atoms with Gasteiger partial charge in [-0.15, -0.1) is 0 Å². The van der Waals surface area contributed by atoms with Crippen molar-refractivity contribution in [3.8, 4) is 11.5 Å². The third-order valence-corrected chi connectivity index (χ3v) is 3.46. The molecule has 0 aliphatic heterocycles. The number of benzene rings is 2. The van der Waals surface area contributed by atoms with Crippen molar-refractivity contribution in [2.24, 2.45) is 0 Å². The first-order valence-corrected chi connectivity index (χ1v) is 7.60. The highest BCUT2D eigenvalue weighted by Crippen LogP contribution is 2.22. The van der Waals surface area contributed by atoms with E-state index < -0.39 is 0 Å². The molecule has 2 aromatic carbocycles. The van der Waals surface area contributed by atoms with Gasteiger partial charge in [0.25, 0.3) is 5.89 Å². The van der Waals surface area contributed by atoms with Crippen LogP contribution < -0.4 is 5.32 Å². The highest BCUT2D eigenvalue weighted by Gasteiger charge is 2.13. The summed E-state index contributed by atoms with van der Waals surface area (Å²) in [6.07, 6.45) is -0.0885. The van der Waals surface area contributed by atoms with Crippen LogP contribution in [0, 0.1) is 5.82 Å². The number of hydrogen-bond donors (Lipinski definition) is 1. The lowest BCUT2D eigenvalue weighted by Gasteiger charge is -2.04. The Morgan fingerprint density at radius 2 is 1.79 bits per heavy atom. The Hall–Kier alpha value is -2.44. The number of nitrogens with zero attached hydrogens (tertiary/aromatic N) is 2. The molecule has 0 unspecified atom stereocenters. The smallest absolute Gasteiger partial charge is 0.257 e. The molecular weight excluding hydrogens is 356 g/mol. The topological polar surface area (TPSA) is 68.0 Å². The summed E-state index contributed by atoms with van der Waals surface area (Å²) in [5.74, 6) is -0.290. The Balaban J connectivity index is 1.68. The van der Waals surface area contributed by atoms with Crippen LogP contribution in [0.4, 0.5) is 10.1 Å². The molecule has 0 saturated heterocycles. The van der Waals surface area contributed by atoms with Crippen molar-refractivity contribution < 1.29 is 13.7 Å². The molecule has 1 N–H and O–H groups in total. The minimum Gasteiger partial charge on any atom is -0.334 e. The molecule has 122 valence electrons. The highest BCUT2D eigenvalue weighted by atomic mass is 35.5. The van der Waals surface area contributed by atoms with E-state index in [1.165, 1.54) is 24.3 Å². The Bertz CT molecular complexity index is 861. The van der Waals surface area contributed by atoms with Crippen LogP contribution in [0.5, 0.6) is 0 Å². The Morgan fingerprint density at radius 3 is 2.46 bits per heavy atom. The van der Waals surface area contributed by atoms with E-state index in [4.69, 9.17) is 27.7 Å². The van der Waals surface area contributed by atoms with Crippen LogP contribution >= 0.6 is 23.2 Å². The van der Waals surface area contributed by atoms with Crippen LogP contribution in [0.25, 0.3) is 11.5 Å². The summed E-state index contributed by atoms with van der Waals surface area (Å²) in [6.45, 7) is 0. The molecule has 0 aliphatic carbocycles. The van der Waals surface area contributed by atoms with E-state index in [2.05, 4.69) is 15.5 Å². The van der Waals surface area contributed by atoms with Crippen LogP contribution in [-0.4, -0.2) is 16.0 Å². The van der Waals surface area contributed by atoms with Gasteiger partial charge >= 0.3 is 0 Å². The van der Waals surface area contributed by atoms with Crippen molar-refractivity contribution in [1.82, 2.24) is 10.1 Å². The van der Waals surface area contributed by atoms with Crippen LogP contribution in [0.2, 0.25) is 10.0 Å². The number of amides is 1. The number of carbonyl (C=O) groups excluding carboxylic acids is 1. The van der Waals surface area contributed by atoms with Crippen LogP contribution in [-0.2, 0) is 11.2 Å². The average Bonchev–Trinajstić information content (AvgIpc) is 2.95. The molecule has 3 rings (SSSR count). The number of anilines is 1. The fourth-order valence-corrected chi connectivity index (χ4v) is 2.54. The predicted octanol–water partition coefficient (Wildman–Crippen LogP) is 4.36. The molecule has 24 heavy (non-hydrogen) atoms. The number of hydrogen-bond acceptors (Lipinski definition) is 4. The molecule has 0 atom stereocenters. The zero-order chi connectivity index (χ0) is 17.1. The molecule has 5 nitrogen and oxygen atoms in total. The van der Waals surface area contributed by atoms with Gasteiger partial charge in [-0.05, 0) is 42.5 Å². The first-order valence-electron chi connectivity index (χ1n) is 6.84. The normalized spacial score (nSPS) is 10.6. The fourth-order valence-electron chi connectivity index (χ4n) is 2.01. The maximum atomic E-state index is 12.9. The van der Waals surface area contributed by atoms with Gasteiger partial charge in [0.1, 0.15) is 5.82 Å². The lowest BCUT2D eigenvalue weighted by Crippen LogP contribution is -2.15. The van der Waals surface area contributed by atoms with E-state index in [0.29, 0.717) is 21.3 Å². The zero-order valence-electron chi connectivity index (χ0n) is 12.1. The maximum Gasteiger partial charge on any atom is 0.257 e. The van der Waals surface area contributed by atoms with Gasteiger partial charge in [-0.1, -0.05) is 28.4 Å². The Labute approximate surface area is 146 Å². The molecule has 0 bridgehead atoms. The van der Waals surface area contributed by atoms with Crippen LogP contribution in [0.1, 0.15) is 5.82 Å². The van der Waals surface area contributed by atoms with Crippen LogP contribution in [0.15, 0.2) is 47.0 Å². The van der Waals surface area contributed by atoms with Crippen molar-refractivity contribution in [3.63, 3.8) is 0 Å². The summed E-state index contributed by atoms with van der Waals surface area (Å²) in [7, 11) is 0. The summed E-state index contributed by atoms with van der Waals surface area (Å²) >= 11 is 11.7.